The molecule has 0 aliphatic rings. The minimum absolute atomic E-state index is 0.187. The Bertz CT molecular complexity index is 1000. The lowest BCUT2D eigenvalue weighted by atomic mass is 9.99. The van der Waals surface area contributed by atoms with E-state index >= 15 is 0 Å². The smallest absolute Gasteiger partial charge is 0.405 e. The maximum atomic E-state index is 11.6. The van der Waals surface area contributed by atoms with Gasteiger partial charge in [-0.05, 0) is 29.3 Å². The SMILES string of the molecule is COC(=O)c1cc(COc2cccc(C(NC(=O)O)c3ccccc3)c2)n(C)n1. The van der Waals surface area contributed by atoms with Crippen molar-refractivity contribution in [2.24, 2.45) is 7.05 Å². The third-order valence-electron chi connectivity index (χ3n) is 4.35. The first kappa shape index (κ1) is 19.9. The van der Waals surface area contributed by atoms with Crippen LogP contribution in [0.1, 0.15) is 33.4 Å². The number of methoxy groups -OCH3 is 1. The van der Waals surface area contributed by atoms with E-state index in [1.54, 1.807) is 36.0 Å². The van der Waals surface area contributed by atoms with Gasteiger partial charge in [-0.25, -0.2) is 9.59 Å². The van der Waals surface area contributed by atoms with Gasteiger partial charge in [-0.2, -0.15) is 5.10 Å². The first-order chi connectivity index (χ1) is 14.0. The molecule has 0 saturated heterocycles. The zero-order chi connectivity index (χ0) is 20.8. The highest BCUT2D eigenvalue weighted by Crippen LogP contribution is 2.25. The summed E-state index contributed by atoms with van der Waals surface area (Å²) in [6.45, 7) is 0.187. The number of carboxylic acid groups (broad SMARTS) is 1. The lowest BCUT2D eigenvalue weighted by molar-refractivity contribution is 0.0593. The predicted octanol–water partition coefficient (Wildman–Crippen LogP) is 3.14. The molecule has 1 unspecified atom stereocenters. The van der Waals surface area contributed by atoms with E-state index in [0.29, 0.717) is 11.4 Å². The van der Waals surface area contributed by atoms with Crippen molar-refractivity contribution in [1.82, 2.24) is 15.1 Å². The van der Waals surface area contributed by atoms with E-state index in [0.717, 1.165) is 11.1 Å². The number of hydrogen-bond donors (Lipinski definition) is 2. The number of aromatic nitrogens is 2. The van der Waals surface area contributed by atoms with Crippen molar-refractivity contribution >= 4 is 12.1 Å². The van der Waals surface area contributed by atoms with Crippen molar-refractivity contribution in [1.29, 1.82) is 0 Å². The van der Waals surface area contributed by atoms with Gasteiger partial charge in [0.1, 0.15) is 12.4 Å². The largest absolute Gasteiger partial charge is 0.487 e. The van der Waals surface area contributed by atoms with Crippen molar-refractivity contribution in [3.63, 3.8) is 0 Å². The lowest BCUT2D eigenvalue weighted by Crippen LogP contribution is -2.27. The van der Waals surface area contributed by atoms with Gasteiger partial charge < -0.3 is 19.9 Å². The van der Waals surface area contributed by atoms with Gasteiger partial charge in [-0.3, -0.25) is 4.68 Å². The summed E-state index contributed by atoms with van der Waals surface area (Å²) in [7, 11) is 3.01. The first-order valence-electron chi connectivity index (χ1n) is 8.86. The summed E-state index contributed by atoms with van der Waals surface area (Å²) in [5.41, 5.74) is 2.47. The molecular weight excluding hydrogens is 374 g/mol. The Hall–Kier alpha value is -3.81. The number of hydrogen-bond acceptors (Lipinski definition) is 5. The fourth-order valence-corrected chi connectivity index (χ4v) is 2.91. The van der Waals surface area contributed by atoms with Crippen LogP contribution in [0.2, 0.25) is 0 Å². The molecule has 8 nitrogen and oxygen atoms in total. The highest BCUT2D eigenvalue weighted by Gasteiger charge is 2.17. The van der Waals surface area contributed by atoms with Crippen LogP contribution in [0.25, 0.3) is 0 Å². The van der Waals surface area contributed by atoms with E-state index in [9.17, 15) is 14.7 Å². The molecule has 1 amide bonds. The number of esters is 1. The molecule has 0 aliphatic carbocycles. The molecule has 3 aromatic rings. The average Bonchev–Trinajstić information content (AvgIpc) is 3.11. The fraction of sp³-hybridized carbons (Fsp3) is 0.190. The molecule has 0 fully saturated rings. The lowest BCUT2D eigenvalue weighted by Gasteiger charge is -2.19. The number of carbonyl (C=O) groups excluding carboxylic acids is 1. The third kappa shape index (κ3) is 4.92. The van der Waals surface area contributed by atoms with Crippen molar-refractivity contribution in [3.05, 3.63) is 83.2 Å². The van der Waals surface area contributed by atoms with Gasteiger partial charge in [-0.1, -0.05) is 42.5 Å². The number of nitrogens with zero attached hydrogens (tertiary/aromatic N) is 2. The van der Waals surface area contributed by atoms with Gasteiger partial charge in [0.2, 0.25) is 0 Å². The topological polar surface area (TPSA) is 103 Å². The second kappa shape index (κ2) is 8.92. The minimum Gasteiger partial charge on any atom is -0.487 e. The number of aryl methyl sites for hydroxylation is 1. The molecule has 0 radical (unpaired) electrons. The van der Waals surface area contributed by atoms with Crippen LogP contribution in [0.4, 0.5) is 4.79 Å². The number of amides is 1. The van der Waals surface area contributed by atoms with Crippen LogP contribution in [-0.4, -0.2) is 34.1 Å². The molecule has 29 heavy (non-hydrogen) atoms. The van der Waals surface area contributed by atoms with Crippen molar-refractivity contribution in [3.8, 4) is 5.75 Å². The maximum Gasteiger partial charge on any atom is 0.405 e. The monoisotopic (exact) mass is 395 g/mol. The van der Waals surface area contributed by atoms with E-state index < -0.39 is 18.1 Å². The van der Waals surface area contributed by atoms with Gasteiger partial charge in [0.25, 0.3) is 0 Å². The molecule has 1 atom stereocenters. The summed E-state index contributed by atoms with van der Waals surface area (Å²) in [5.74, 6) is 0.0516. The highest BCUT2D eigenvalue weighted by molar-refractivity contribution is 5.87. The van der Waals surface area contributed by atoms with Crippen molar-refractivity contribution in [2.45, 2.75) is 12.6 Å². The van der Waals surface area contributed by atoms with Crippen LogP contribution < -0.4 is 10.1 Å². The molecule has 1 aromatic heterocycles. The van der Waals surface area contributed by atoms with E-state index in [-0.39, 0.29) is 12.3 Å². The van der Waals surface area contributed by atoms with Gasteiger partial charge in [0, 0.05) is 7.05 Å². The van der Waals surface area contributed by atoms with Crippen molar-refractivity contribution < 1.29 is 24.2 Å². The third-order valence-corrected chi connectivity index (χ3v) is 4.35. The molecule has 0 aliphatic heterocycles. The van der Waals surface area contributed by atoms with E-state index in [1.165, 1.54) is 7.11 Å². The number of rotatable bonds is 7. The van der Waals surface area contributed by atoms with Crippen LogP contribution >= 0.6 is 0 Å². The number of ether oxygens (including phenoxy) is 2. The molecule has 150 valence electrons. The normalized spacial score (nSPS) is 11.5. The Morgan fingerprint density at radius 1 is 1.10 bits per heavy atom. The summed E-state index contributed by atoms with van der Waals surface area (Å²) in [6.07, 6.45) is -1.12. The molecule has 0 saturated carbocycles. The summed E-state index contributed by atoms with van der Waals surface area (Å²) in [5, 5.41) is 15.9. The minimum atomic E-state index is -1.12. The van der Waals surface area contributed by atoms with Crippen LogP contribution in [0.15, 0.2) is 60.7 Å². The zero-order valence-corrected chi connectivity index (χ0v) is 16.0. The molecular formula is C21H21N3O5. The average molecular weight is 395 g/mol. The summed E-state index contributed by atoms with van der Waals surface area (Å²) < 4.78 is 12.1. The van der Waals surface area contributed by atoms with Gasteiger partial charge in [0.05, 0.1) is 18.8 Å². The zero-order valence-electron chi connectivity index (χ0n) is 16.0. The second-order valence-electron chi connectivity index (χ2n) is 6.29. The summed E-state index contributed by atoms with van der Waals surface area (Å²) in [6, 6.07) is 17.6. The second-order valence-corrected chi connectivity index (χ2v) is 6.29. The number of nitrogens with one attached hydrogen (secondary N) is 1. The van der Waals surface area contributed by atoms with Gasteiger partial charge in [-0.15, -0.1) is 0 Å². The molecule has 0 bridgehead atoms. The van der Waals surface area contributed by atoms with E-state index in [2.05, 4.69) is 15.2 Å². The molecule has 2 aromatic carbocycles. The van der Waals surface area contributed by atoms with Gasteiger partial charge >= 0.3 is 12.1 Å². The Labute approximate surface area is 167 Å². The van der Waals surface area contributed by atoms with Gasteiger partial charge in [0.15, 0.2) is 5.69 Å². The number of benzene rings is 2. The quantitative estimate of drug-likeness (QED) is 0.596. The van der Waals surface area contributed by atoms with Crippen LogP contribution in [-0.2, 0) is 18.4 Å². The molecule has 3 rings (SSSR count). The fourth-order valence-electron chi connectivity index (χ4n) is 2.91. The van der Waals surface area contributed by atoms with E-state index in [4.69, 9.17) is 4.74 Å². The maximum absolute atomic E-state index is 11.6. The molecule has 2 N–H and O–H groups in total. The Morgan fingerprint density at radius 2 is 1.83 bits per heavy atom. The standard InChI is InChI=1S/C21H21N3O5/c1-24-16(12-18(23-24)20(25)28-2)13-29-17-10-6-9-15(11-17)19(22-21(26)27)14-7-4-3-5-8-14/h3-12,19,22H,13H2,1-2H3,(H,26,27). The number of carbonyl (C=O) groups is 2. The Balaban J connectivity index is 1.79. The first-order valence-corrected chi connectivity index (χ1v) is 8.86. The Kier molecular flexibility index (Phi) is 6.13. The van der Waals surface area contributed by atoms with Crippen LogP contribution in [0.3, 0.4) is 0 Å². The summed E-state index contributed by atoms with van der Waals surface area (Å²) >= 11 is 0. The van der Waals surface area contributed by atoms with E-state index in [1.807, 2.05) is 36.4 Å². The van der Waals surface area contributed by atoms with Crippen molar-refractivity contribution in [2.75, 3.05) is 7.11 Å². The molecule has 8 heteroatoms. The molecule has 0 spiro atoms. The summed E-state index contributed by atoms with van der Waals surface area (Å²) in [4.78, 5) is 22.9. The van der Waals surface area contributed by atoms with Crippen LogP contribution in [0, 0.1) is 0 Å². The Morgan fingerprint density at radius 3 is 2.52 bits per heavy atom. The highest BCUT2D eigenvalue weighted by atomic mass is 16.5. The van der Waals surface area contributed by atoms with Crippen LogP contribution in [0.5, 0.6) is 5.75 Å². The molecule has 1 heterocycles. The predicted molar refractivity (Wildman–Crippen MR) is 105 cm³/mol.